The van der Waals surface area contributed by atoms with Crippen LogP contribution in [0.5, 0.6) is 0 Å². The lowest BCUT2D eigenvalue weighted by atomic mass is 10.2. The quantitative estimate of drug-likeness (QED) is 0.754. The van der Waals surface area contributed by atoms with Gasteiger partial charge in [-0.25, -0.2) is 0 Å². The monoisotopic (exact) mass is 237 g/mol. The zero-order valence-electron chi connectivity index (χ0n) is 8.16. The van der Waals surface area contributed by atoms with Gasteiger partial charge in [-0.2, -0.15) is 5.26 Å². The Morgan fingerprint density at radius 3 is 2.62 bits per heavy atom. The van der Waals surface area contributed by atoms with E-state index in [4.69, 9.17) is 16.9 Å². The molecule has 0 aromatic heterocycles. The molecule has 0 saturated heterocycles. The van der Waals surface area contributed by atoms with E-state index in [0.29, 0.717) is 0 Å². The van der Waals surface area contributed by atoms with Crippen molar-refractivity contribution in [3.63, 3.8) is 0 Å². The van der Waals surface area contributed by atoms with Gasteiger partial charge in [0, 0.05) is 0 Å². The molecule has 1 aromatic rings. The summed E-state index contributed by atoms with van der Waals surface area (Å²) in [6.07, 6.45) is -0.317. The number of benzene rings is 1. The first-order valence-electron chi connectivity index (χ1n) is 4.36. The number of nitrogens with zero attached hydrogens (tertiary/aromatic N) is 1. The zero-order chi connectivity index (χ0) is 12.0. The van der Waals surface area contributed by atoms with Crippen molar-refractivity contribution in [2.75, 3.05) is 0 Å². The third kappa shape index (κ3) is 3.26. The van der Waals surface area contributed by atoms with Crippen molar-refractivity contribution in [2.45, 2.75) is 6.42 Å². The van der Waals surface area contributed by atoms with E-state index < -0.39 is 11.8 Å². The van der Waals surface area contributed by atoms with Crippen LogP contribution in [0.1, 0.15) is 16.8 Å². The van der Waals surface area contributed by atoms with Gasteiger partial charge in [-0.3, -0.25) is 20.4 Å². The normalized spacial score (nSPS) is 9.00. The fourth-order valence-corrected chi connectivity index (χ4v) is 1.18. The van der Waals surface area contributed by atoms with Gasteiger partial charge < -0.3 is 0 Å². The summed E-state index contributed by atoms with van der Waals surface area (Å²) in [5.74, 6) is -1.11. The van der Waals surface area contributed by atoms with Gasteiger partial charge in [0.25, 0.3) is 11.8 Å². The molecular weight excluding hydrogens is 230 g/mol. The van der Waals surface area contributed by atoms with Crippen molar-refractivity contribution in [3.05, 3.63) is 34.9 Å². The molecule has 5 nitrogen and oxygen atoms in total. The maximum Gasteiger partial charge on any atom is 0.271 e. The number of nitrogens with one attached hydrogen (secondary N) is 2. The number of hydrogen-bond donors (Lipinski definition) is 2. The smallest absolute Gasteiger partial charge is 0.271 e. The van der Waals surface area contributed by atoms with E-state index in [0.717, 1.165) is 0 Å². The van der Waals surface area contributed by atoms with Crippen LogP contribution >= 0.6 is 11.6 Å². The summed E-state index contributed by atoms with van der Waals surface area (Å²) in [4.78, 5) is 22.4. The summed E-state index contributed by atoms with van der Waals surface area (Å²) in [6.45, 7) is 0. The summed E-state index contributed by atoms with van der Waals surface area (Å²) in [7, 11) is 0. The second-order valence-corrected chi connectivity index (χ2v) is 3.22. The van der Waals surface area contributed by atoms with Crippen LogP contribution in [-0.4, -0.2) is 11.8 Å². The highest BCUT2D eigenvalue weighted by molar-refractivity contribution is 6.33. The number of halogens is 1. The number of carbonyl (C=O) groups is 2. The molecule has 0 spiro atoms. The Morgan fingerprint density at radius 2 is 2.00 bits per heavy atom. The minimum absolute atomic E-state index is 0.251. The van der Waals surface area contributed by atoms with Crippen LogP contribution in [0.4, 0.5) is 0 Å². The molecule has 0 atom stereocenters. The van der Waals surface area contributed by atoms with E-state index in [2.05, 4.69) is 10.9 Å². The van der Waals surface area contributed by atoms with Crippen molar-refractivity contribution in [1.29, 1.82) is 5.26 Å². The lowest BCUT2D eigenvalue weighted by Gasteiger charge is -2.06. The first kappa shape index (κ1) is 12.0. The Hall–Kier alpha value is -2.06. The van der Waals surface area contributed by atoms with E-state index in [1.807, 2.05) is 0 Å². The van der Waals surface area contributed by atoms with Gasteiger partial charge in [0.1, 0.15) is 6.42 Å². The van der Waals surface area contributed by atoms with Crippen LogP contribution in [0.15, 0.2) is 24.3 Å². The molecule has 82 valence electrons. The molecule has 0 fully saturated rings. The zero-order valence-corrected chi connectivity index (χ0v) is 8.91. The minimum Gasteiger partial charge on any atom is -0.272 e. The lowest BCUT2D eigenvalue weighted by molar-refractivity contribution is -0.120. The maximum atomic E-state index is 11.5. The van der Waals surface area contributed by atoms with Crippen molar-refractivity contribution >= 4 is 23.4 Å². The fraction of sp³-hybridized carbons (Fsp3) is 0.100. The molecule has 2 amide bonds. The van der Waals surface area contributed by atoms with Gasteiger partial charge in [-0.05, 0) is 12.1 Å². The van der Waals surface area contributed by atoms with Crippen LogP contribution in [0.25, 0.3) is 0 Å². The van der Waals surface area contributed by atoms with Crippen LogP contribution in [0.3, 0.4) is 0 Å². The molecule has 0 aliphatic carbocycles. The summed E-state index contributed by atoms with van der Waals surface area (Å²) in [5.41, 5.74) is 4.49. The van der Waals surface area contributed by atoms with E-state index in [-0.39, 0.29) is 17.0 Å². The highest BCUT2D eigenvalue weighted by atomic mass is 35.5. The molecule has 0 aliphatic heterocycles. The van der Waals surface area contributed by atoms with Gasteiger partial charge in [0.05, 0.1) is 16.7 Å². The van der Waals surface area contributed by atoms with Gasteiger partial charge in [0.15, 0.2) is 0 Å². The fourth-order valence-electron chi connectivity index (χ4n) is 0.955. The Labute approximate surface area is 97.0 Å². The Morgan fingerprint density at radius 1 is 1.31 bits per heavy atom. The molecule has 0 heterocycles. The molecule has 1 aromatic carbocycles. The van der Waals surface area contributed by atoms with E-state index >= 15 is 0 Å². The van der Waals surface area contributed by atoms with Crippen LogP contribution in [0, 0.1) is 11.3 Å². The summed E-state index contributed by atoms with van der Waals surface area (Å²) in [5, 5.41) is 8.51. The second kappa shape index (κ2) is 5.73. The molecule has 1 rings (SSSR count). The number of hydrogen-bond acceptors (Lipinski definition) is 3. The average Bonchev–Trinajstić information content (AvgIpc) is 2.27. The Kier molecular flexibility index (Phi) is 4.30. The highest BCUT2D eigenvalue weighted by Crippen LogP contribution is 2.13. The SMILES string of the molecule is N#CCC(=O)NNC(=O)c1ccccc1Cl. The number of rotatable bonds is 2. The molecule has 0 aliphatic rings. The molecule has 0 unspecified atom stereocenters. The number of carbonyl (C=O) groups excluding carboxylic acids is 2. The molecule has 6 heteroatoms. The number of amides is 2. The van der Waals surface area contributed by atoms with E-state index in [1.165, 1.54) is 6.07 Å². The van der Waals surface area contributed by atoms with Gasteiger partial charge in [-0.15, -0.1) is 0 Å². The lowest BCUT2D eigenvalue weighted by Crippen LogP contribution is -2.41. The average molecular weight is 238 g/mol. The van der Waals surface area contributed by atoms with Crippen LogP contribution in [-0.2, 0) is 4.79 Å². The molecule has 2 N–H and O–H groups in total. The summed E-state index contributed by atoms with van der Waals surface area (Å²) >= 11 is 5.77. The number of hydrazine groups is 1. The van der Waals surface area contributed by atoms with Crippen molar-refractivity contribution in [1.82, 2.24) is 10.9 Å². The minimum atomic E-state index is -0.581. The van der Waals surface area contributed by atoms with Gasteiger partial charge in [-0.1, -0.05) is 23.7 Å². The van der Waals surface area contributed by atoms with Crippen LogP contribution < -0.4 is 10.9 Å². The summed E-state index contributed by atoms with van der Waals surface area (Å²) < 4.78 is 0. The predicted octanol–water partition coefficient (Wildman–Crippen LogP) is 1.01. The van der Waals surface area contributed by atoms with Gasteiger partial charge >= 0.3 is 0 Å². The first-order chi connectivity index (χ1) is 7.65. The largest absolute Gasteiger partial charge is 0.272 e. The highest BCUT2D eigenvalue weighted by Gasteiger charge is 2.09. The van der Waals surface area contributed by atoms with E-state index in [9.17, 15) is 9.59 Å². The maximum absolute atomic E-state index is 11.5. The topological polar surface area (TPSA) is 82.0 Å². The molecular formula is C10H8ClN3O2. The van der Waals surface area contributed by atoms with Crippen molar-refractivity contribution < 1.29 is 9.59 Å². The Balaban J connectivity index is 2.58. The first-order valence-corrected chi connectivity index (χ1v) is 4.73. The Bertz CT molecular complexity index is 454. The molecule has 0 saturated carbocycles. The van der Waals surface area contributed by atoms with Gasteiger partial charge in [0.2, 0.25) is 0 Å². The molecule has 16 heavy (non-hydrogen) atoms. The van der Waals surface area contributed by atoms with E-state index in [1.54, 1.807) is 24.3 Å². The molecule has 0 bridgehead atoms. The van der Waals surface area contributed by atoms with Crippen molar-refractivity contribution in [2.24, 2.45) is 0 Å². The molecule has 0 radical (unpaired) electrons. The standard InChI is InChI=1S/C10H8ClN3O2/c11-8-4-2-1-3-7(8)10(16)14-13-9(15)5-6-12/h1-4H,5H2,(H,13,15)(H,14,16). The number of nitriles is 1. The van der Waals surface area contributed by atoms with Crippen LogP contribution in [0.2, 0.25) is 5.02 Å². The third-order valence-corrected chi connectivity index (χ3v) is 2.00. The van der Waals surface area contributed by atoms with Crippen molar-refractivity contribution in [3.8, 4) is 6.07 Å². The predicted molar refractivity (Wildman–Crippen MR) is 57.3 cm³/mol. The second-order valence-electron chi connectivity index (χ2n) is 2.82. The summed E-state index contributed by atoms with van der Waals surface area (Å²) in [6, 6.07) is 8.08. The third-order valence-electron chi connectivity index (χ3n) is 1.67.